The van der Waals surface area contributed by atoms with E-state index in [1.165, 1.54) is 0 Å². The molecular formula is C16H25ClN2. The average molecular weight is 281 g/mol. The van der Waals surface area contributed by atoms with Gasteiger partial charge in [0, 0.05) is 24.7 Å². The van der Waals surface area contributed by atoms with Crippen molar-refractivity contribution in [2.45, 2.75) is 13.8 Å². The third kappa shape index (κ3) is 6.76. The van der Waals surface area contributed by atoms with E-state index in [1.807, 2.05) is 24.3 Å². The molecule has 0 aromatic heterocycles. The van der Waals surface area contributed by atoms with Gasteiger partial charge in [0.1, 0.15) is 0 Å². The lowest BCUT2D eigenvalue weighted by molar-refractivity contribution is 0.251. The van der Waals surface area contributed by atoms with Gasteiger partial charge in [-0.05, 0) is 31.8 Å². The highest BCUT2D eigenvalue weighted by Gasteiger charge is 2.04. The first-order valence-corrected chi connectivity index (χ1v) is 7.35. The monoisotopic (exact) mass is 280 g/mol. The van der Waals surface area contributed by atoms with Crippen molar-refractivity contribution < 1.29 is 0 Å². The molecule has 0 saturated heterocycles. The third-order valence-corrected chi connectivity index (χ3v) is 3.46. The summed E-state index contributed by atoms with van der Waals surface area (Å²) < 4.78 is 0. The number of halogens is 1. The number of benzene rings is 1. The molecule has 0 aliphatic carbocycles. The molecule has 0 unspecified atom stereocenters. The van der Waals surface area contributed by atoms with E-state index in [0.29, 0.717) is 0 Å². The number of rotatable bonds is 8. The Bertz CT molecular complexity index is 372. The molecular weight excluding hydrogens is 256 g/mol. The van der Waals surface area contributed by atoms with Crippen molar-refractivity contribution in [3.05, 3.63) is 40.9 Å². The van der Waals surface area contributed by atoms with Crippen LogP contribution in [0.4, 0.5) is 0 Å². The summed E-state index contributed by atoms with van der Waals surface area (Å²) in [5.41, 5.74) is 1.16. The zero-order valence-corrected chi connectivity index (χ0v) is 13.0. The second-order valence-electron chi connectivity index (χ2n) is 4.77. The van der Waals surface area contributed by atoms with Crippen LogP contribution in [-0.4, -0.2) is 49.6 Å². The molecule has 0 spiro atoms. The lowest BCUT2D eigenvalue weighted by Crippen LogP contribution is -2.33. The summed E-state index contributed by atoms with van der Waals surface area (Å²) in [6, 6.07) is 10.2. The van der Waals surface area contributed by atoms with Gasteiger partial charge in [-0.15, -0.1) is 0 Å². The number of likely N-dealkylation sites (N-methyl/N-ethyl adjacent to an activating group) is 2. The molecule has 0 radical (unpaired) electrons. The van der Waals surface area contributed by atoms with Gasteiger partial charge in [-0.1, -0.05) is 55.8 Å². The number of hydrogen-bond donors (Lipinski definition) is 0. The van der Waals surface area contributed by atoms with Crippen LogP contribution in [0.3, 0.4) is 0 Å². The summed E-state index contributed by atoms with van der Waals surface area (Å²) in [6.45, 7) is 9.56. The lowest BCUT2D eigenvalue weighted by atomic mass is 10.2. The SMILES string of the molecule is CCN(CC)CCN(C)CC(Cl)=Cc1ccccc1. The van der Waals surface area contributed by atoms with Crippen molar-refractivity contribution in [2.75, 3.05) is 39.8 Å². The summed E-state index contributed by atoms with van der Waals surface area (Å²) in [4.78, 5) is 4.69. The van der Waals surface area contributed by atoms with E-state index in [9.17, 15) is 0 Å². The van der Waals surface area contributed by atoms with Crippen molar-refractivity contribution in [2.24, 2.45) is 0 Å². The zero-order valence-electron chi connectivity index (χ0n) is 12.3. The van der Waals surface area contributed by atoms with E-state index < -0.39 is 0 Å². The summed E-state index contributed by atoms with van der Waals surface area (Å²) >= 11 is 6.30. The van der Waals surface area contributed by atoms with Gasteiger partial charge in [-0.25, -0.2) is 0 Å². The Morgan fingerprint density at radius 1 is 1.11 bits per heavy atom. The van der Waals surface area contributed by atoms with Crippen molar-refractivity contribution in [1.82, 2.24) is 9.80 Å². The molecule has 1 aromatic carbocycles. The highest BCUT2D eigenvalue weighted by molar-refractivity contribution is 6.31. The van der Waals surface area contributed by atoms with Crippen LogP contribution < -0.4 is 0 Å². The topological polar surface area (TPSA) is 6.48 Å². The number of nitrogens with zero attached hydrogens (tertiary/aromatic N) is 2. The Labute approximate surface area is 122 Å². The predicted octanol–water partition coefficient (Wildman–Crippen LogP) is 3.54. The molecule has 1 aromatic rings. The van der Waals surface area contributed by atoms with Crippen LogP contribution in [0, 0.1) is 0 Å². The van der Waals surface area contributed by atoms with Crippen molar-refractivity contribution in [3.8, 4) is 0 Å². The van der Waals surface area contributed by atoms with E-state index in [4.69, 9.17) is 11.6 Å². The minimum absolute atomic E-state index is 0.803. The third-order valence-electron chi connectivity index (χ3n) is 3.24. The van der Waals surface area contributed by atoms with Gasteiger partial charge in [0.25, 0.3) is 0 Å². The molecule has 0 N–H and O–H groups in total. The summed E-state index contributed by atoms with van der Waals surface area (Å²) in [5.74, 6) is 0. The Kier molecular flexibility index (Phi) is 7.80. The molecule has 0 heterocycles. The van der Waals surface area contributed by atoms with E-state index >= 15 is 0 Å². The molecule has 0 aliphatic heterocycles. The van der Waals surface area contributed by atoms with Crippen LogP contribution in [0.1, 0.15) is 19.4 Å². The van der Waals surface area contributed by atoms with Crippen LogP contribution in [0.2, 0.25) is 0 Å². The molecule has 0 bridgehead atoms. The fourth-order valence-corrected chi connectivity index (χ4v) is 2.29. The highest BCUT2D eigenvalue weighted by Crippen LogP contribution is 2.11. The Hall–Kier alpha value is -0.830. The molecule has 0 saturated carbocycles. The van der Waals surface area contributed by atoms with Gasteiger partial charge < -0.3 is 4.90 Å². The van der Waals surface area contributed by atoms with Crippen LogP contribution >= 0.6 is 11.6 Å². The molecule has 2 nitrogen and oxygen atoms in total. The van der Waals surface area contributed by atoms with Crippen molar-refractivity contribution in [3.63, 3.8) is 0 Å². The van der Waals surface area contributed by atoms with Gasteiger partial charge in [-0.3, -0.25) is 4.90 Å². The quantitative estimate of drug-likeness (QED) is 0.719. The molecule has 0 fully saturated rings. The molecule has 1 rings (SSSR count). The van der Waals surface area contributed by atoms with Gasteiger partial charge >= 0.3 is 0 Å². The molecule has 3 heteroatoms. The zero-order chi connectivity index (χ0) is 14.1. The normalized spacial score (nSPS) is 12.4. The van der Waals surface area contributed by atoms with E-state index in [2.05, 4.69) is 42.8 Å². The summed E-state index contributed by atoms with van der Waals surface area (Å²) in [5, 5.41) is 0.883. The maximum absolute atomic E-state index is 6.30. The maximum Gasteiger partial charge on any atom is 0.0339 e. The fraction of sp³-hybridized carbons (Fsp3) is 0.500. The van der Waals surface area contributed by atoms with Crippen molar-refractivity contribution in [1.29, 1.82) is 0 Å². The highest BCUT2D eigenvalue weighted by atomic mass is 35.5. The summed E-state index contributed by atoms with van der Waals surface area (Å²) in [7, 11) is 2.12. The first kappa shape index (κ1) is 16.2. The van der Waals surface area contributed by atoms with Crippen LogP contribution in [0.15, 0.2) is 35.4 Å². The second kappa shape index (κ2) is 9.13. The van der Waals surface area contributed by atoms with Gasteiger partial charge in [-0.2, -0.15) is 0 Å². The Balaban J connectivity index is 2.39. The predicted molar refractivity (Wildman–Crippen MR) is 85.6 cm³/mol. The van der Waals surface area contributed by atoms with Crippen molar-refractivity contribution >= 4 is 17.7 Å². The largest absolute Gasteiger partial charge is 0.303 e. The van der Waals surface area contributed by atoms with Crippen LogP contribution in [-0.2, 0) is 0 Å². The molecule has 19 heavy (non-hydrogen) atoms. The maximum atomic E-state index is 6.30. The minimum Gasteiger partial charge on any atom is -0.303 e. The van der Waals surface area contributed by atoms with Gasteiger partial charge in [0.15, 0.2) is 0 Å². The lowest BCUT2D eigenvalue weighted by Gasteiger charge is -2.22. The first-order valence-electron chi connectivity index (χ1n) is 6.97. The average Bonchev–Trinajstić information content (AvgIpc) is 2.40. The molecule has 106 valence electrons. The standard InChI is InChI=1S/C16H25ClN2/c1-4-19(5-2)12-11-18(3)14-16(17)13-15-9-7-6-8-10-15/h6-10,13H,4-5,11-12,14H2,1-3H3. The molecule has 0 aliphatic rings. The smallest absolute Gasteiger partial charge is 0.0339 e. The van der Waals surface area contributed by atoms with Gasteiger partial charge in [0.2, 0.25) is 0 Å². The summed E-state index contributed by atoms with van der Waals surface area (Å²) in [6.07, 6.45) is 2.04. The second-order valence-corrected chi connectivity index (χ2v) is 5.25. The van der Waals surface area contributed by atoms with E-state index in [1.54, 1.807) is 0 Å². The van der Waals surface area contributed by atoms with E-state index in [0.717, 1.165) is 43.3 Å². The van der Waals surface area contributed by atoms with Crippen LogP contribution in [0.5, 0.6) is 0 Å². The number of hydrogen-bond acceptors (Lipinski definition) is 2. The minimum atomic E-state index is 0.803. The Morgan fingerprint density at radius 2 is 1.74 bits per heavy atom. The van der Waals surface area contributed by atoms with E-state index in [-0.39, 0.29) is 0 Å². The molecule has 0 atom stereocenters. The fourth-order valence-electron chi connectivity index (χ4n) is 1.96. The van der Waals surface area contributed by atoms with Crippen LogP contribution in [0.25, 0.3) is 6.08 Å². The Morgan fingerprint density at radius 3 is 2.32 bits per heavy atom. The molecule has 0 amide bonds. The van der Waals surface area contributed by atoms with Gasteiger partial charge in [0.05, 0.1) is 0 Å². The first-order chi connectivity index (χ1) is 9.15.